The monoisotopic (exact) mass is 306 g/mol. The zero-order chi connectivity index (χ0) is 14.3. The van der Waals surface area contributed by atoms with E-state index in [1.165, 1.54) is 11.3 Å². The molecule has 6 heteroatoms. The first-order valence-electron chi connectivity index (χ1n) is 6.41. The number of nitrogen functional groups attached to an aromatic ring is 1. The van der Waals surface area contributed by atoms with Gasteiger partial charge >= 0.3 is 0 Å². The predicted molar refractivity (Wildman–Crippen MR) is 84.5 cm³/mol. The fraction of sp³-hybridized carbons (Fsp3) is 0.286. The first-order valence-corrected chi connectivity index (χ1v) is 7.66. The van der Waals surface area contributed by atoms with Gasteiger partial charge in [-0.15, -0.1) is 11.3 Å². The van der Waals surface area contributed by atoms with E-state index in [1.54, 1.807) is 0 Å². The van der Waals surface area contributed by atoms with Crippen LogP contribution in [0.1, 0.15) is 31.4 Å². The van der Waals surface area contributed by atoms with Gasteiger partial charge in [0, 0.05) is 22.9 Å². The van der Waals surface area contributed by atoms with Gasteiger partial charge in [0.25, 0.3) is 0 Å². The van der Waals surface area contributed by atoms with Crippen molar-refractivity contribution in [1.29, 1.82) is 0 Å². The minimum absolute atomic E-state index is 0.326. The van der Waals surface area contributed by atoms with E-state index in [-0.39, 0.29) is 0 Å². The summed E-state index contributed by atoms with van der Waals surface area (Å²) >= 11 is 7.50. The molecule has 20 heavy (non-hydrogen) atoms. The molecule has 4 nitrogen and oxygen atoms in total. The van der Waals surface area contributed by atoms with Crippen LogP contribution in [0.4, 0.5) is 5.13 Å². The molecule has 0 saturated carbocycles. The van der Waals surface area contributed by atoms with Gasteiger partial charge in [-0.3, -0.25) is 0 Å². The number of nitrogens with zero attached hydrogens (tertiary/aromatic N) is 3. The molecule has 0 aliphatic carbocycles. The molecule has 2 heterocycles. The van der Waals surface area contributed by atoms with Crippen molar-refractivity contribution in [3.63, 3.8) is 0 Å². The van der Waals surface area contributed by atoms with Gasteiger partial charge in [0.2, 0.25) is 0 Å². The summed E-state index contributed by atoms with van der Waals surface area (Å²) in [5.74, 6) is 0.988. The summed E-state index contributed by atoms with van der Waals surface area (Å²) in [6.07, 6.45) is 0.679. The molecule has 104 valence electrons. The van der Waals surface area contributed by atoms with E-state index in [1.807, 2.05) is 23.6 Å². The number of nitrogens with two attached hydrogens (primary N) is 1. The largest absolute Gasteiger partial charge is 0.375 e. The van der Waals surface area contributed by atoms with Crippen LogP contribution in [-0.2, 0) is 6.42 Å². The molecule has 0 radical (unpaired) electrons. The van der Waals surface area contributed by atoms with E-state index < -0.39 is 0 Å². The smallest absolute Gasteiger partial charge is 0.180 e. The molecule has 0 aliphatic rings. The normalized spacial score (nSPS) is 11.6. The van der Waals surface area contributed by atoms with Crippen molar-refractivity contribution in [3.8, 4) is 0 Å². The highest BCUT2D eigenvalue weighted by atomic mass is 35.5. The van der Waals surface area contributed by atoms with Gasteiger partial charge in [-0.25, -0.2) is 9.97 Å². The van der Waals surface area contributed by atoms with Crippen molar-refractivity contribution in [1.82, 2.24) is 14.5 Å². The van der Waals surface area contributed by atoms with Crippen molar-refractivity contribution in [3.05, 3.63) is 40.1 Å². The third-order valence-corrected chi connectivity index (χ3v) is 4.11. The quantitative estimate of drug-likeness (QED) is 0.798. The molecular formula is C14H15ClN4S. The summed E-state index contributed by atoms with van der Waals surface area (Å²) in [7, 11) is 0. The summed E-state index contributed by atoms with van der Waals surface area (Å²) in [5, 5.41) is 3.28. The Balaban J connectivity index is 2.11. The molecule has 3 aromatic rings. The molecule has 3 rings (SSSR count). The van der Waals surface area contributed by atoms with Crippen molar-refractivity contribution in [2.75, 3.05) is 5.73 Å². The minimum atomic E-state index is 0.326. The lowest BCUT2D eigenvalue weighted by Gasteiger charge is -2.12. The van der Waals surface area contributed by atoms with Gasteiger partial charge in [0.1, 0.15) is 5.82 Å². The van der Waals surface area contributed by atoms with Gasteiger partial charge in [-0.05, 0) is 32.0 Å². The van der Waals surface area contributed by atoms with Crippen molar-refractivity contribution in [2.24, 2.45) is 0 Å². The second-order valence-electron chi connectivity index (χ2n) is 4.98. The molecule has 0 atom stereocenters. The Kier molecular flexibility index (Phi) is 3.40. The number of hydrogen-bond acceptors (Lipinski definition) is 4. The van der Waals surface area contributed by atoms with Crippen LogP contribution in [0.3, 0.4) is 0 Å². The second kappa shape index (κ2) is 5.07. The average Bonchev–Trinajstić information content (AvgIpc) is 2.92. The topological polar surface area (TPSA) is 56.7 Å². The Bertz CT molecular complexity index is 760. The predicted octanol–water partition coefficient (Wildman–Crippen LogP) is 3.90. The van der Waals surface area contributed by atoms with Crippen molar-refractivity contribution >= 4 is 39.1 Å². The highest BCUT2D eigenvalue weighted by Crippen LogP contribution is 2.25. The molecule has 0 bridgehead atoms. The first-order chi connectivity index (χ1) is 9.54. The Morgan fingerprint density at radius 3 is 2.80 bits per heavy atom. The first kappa shape index (κ1) is 13.4. The van der Waals surface area contributed by atoms with E-state index >= 15 is 0 Å². The van der Waals surface area contributed by atoms with Crippen molar-refractivity contribution < 1.29 is 0 Å². The third kappa shape index (κ3) is 2.39. The van der Waals surface area contributed by atoms with E-state index in [0.29, 0.717) is 22.6 Å². The van der Waals surface area contributed by atoms with Crippen LogP contribution in [0.5, 0.6) is 0 Å². The lowest BCUT2D eigenvalue weighted by molar-refractivity contribution is 0.590. The third-order valence-electron chi connectivity index (χ3n) is 3.15. The Morgan fingerprint density at radius 1 is 1.35 bits per heavy atom. The maximum absolute atomic E-state index is 6.05. The van der Waals surface area contributed by atoms with Gasteiger partial charge in [-0.1, -0.05) is 11.6 Å². The molecule has 0 saturated heterocycles. The van der Waals surface area contributed by atoms with Crippen LogP contribution in [-0.4, -0.2) is 14.5 Å². The number of benzene rings is 1. The highest BCUT2D eigenvalue weighted by molar-refractivity contribution is 7.13. The van der Waals surface area contributed by atoms with Gasteiger partial charge in [-0.2, -0.15) is 0 Å². The number of aromatic nitrogens is 3. The second-order valence-corrected chi connectivity index (χ2v) is 6.30. The van der Waals surface area contributed by atoms with Crippen LogP contribution < -0.4 is 5.73 Å². The SMILES string of the molecule is CC(C)n1c(Cc2csc(N)n2)nc2cc(Cl)ccc21. The molecule has 0 unspecified atom stereocenters. The number of fused-ring (bicyclic) bond motifs is 1. The molecule has 1 aromatic carbocycles. The average molecular weight is 307 g/mol. The minimum Gasteiger partial charge on any atom is -0.375 e. The molecule has 0 aliphatic heterocycles. The van der Waals surface area contributed by atoms with Gasteiger partial charge in [0.15, 0.2) is 5.13 Å². The van der Waals surface area contributed by atoms with Crippen LogP contribution >= 0.6 is 22.9 Å². The maximum Gasteiger partial charge on any atom is 0.180 e. The van der Waals surface area contributed by atoms with Gasteiger partial charge in [0.05, 0.1) is 16.7 Å². The number of imidazole rings is 1. The molecule has 0 fully saturated rings. The highest BCUT2D eigenvalue weighted by Gasteiger charge is 2.15. The number of hydrogen-bond donors (Lipinski definition) is 1. The van der Waals surface area contributed by atoms with E-state index in [2.05, 4.69) is 23.4 Å². The number of thiazole rings is 1. The Hall–Kier alpha value is -1.59. The number of halogens is 1. The summed E-state index contributed by atoms with van der Waals surface area (Å²) in [6.45, 7) is 4.29. The lowest BCUT2D eigenvalue weighted by Crippen LogP contribution is -2.07. The molecule has 2 aromatic heterocycles. The fourth-order valence-corrected chi connectivity index (χ4v) is 3.12. The number of anilines is 1. The number of rotatable bonds is 3. The van der Waals surface area contributed by atoms with Crippen LogP contribution in [0, 0.1) is 0 Å². The molecule has 0 spiro atoms. The zero-order valence-corrected chi connectivity index (χ0v) is 12.9. The summed E-state index contributed by atoms with van der Waals surface area (Å²) in [5.41, 5.74) is 8.66. The van der Waals surface area contributed by atoms with E-state index in [9.17, 15) is 0 Å². The molecular weight excluding hydrogens is 292 g/mol. The molecule has 2 N–H and O–H groups in total. The van der Waals surface area contributed by atoms with Crippen LogP contribution in [0.25, 0.3) is 11.0 Å². The zero-order valence-electron chi connectivity index (χ0n) is 11.3. The Morgan fingerprint density at radius 2 is 2.15 bits per heavy atom. The summed E-state index contributed by atoms with van der Waals surface area (Å²) in [6, 6.07) is 6.14. The van der Waals surface area contributed by atoms with E-state index in [4.69, 9.17) is 22.3 Å². The lowest BCUT2D eigenvalue weighted by atomic mass is 10.2. The van der Waals surface area contributed by atoms with Crippen molar-refractivity contribution in [2.45, 2.75) is 26.3 Å². The van der Waals surface area contributed by atoms with Gasteiger partial charge < -0.3 is 10.3 Å². The fourth-order valence-electron chi connectivity index (χ4n) is 2.39. The summed E-state index contributed by atoms with van der Waals surface area (Å²) in [4.78, 5) is 9.01. The standard InChI is InChI=1S/C14H15ClN4S/c1-8(2)19-12-4-3-9(15)5-11(12)18-13(19)6-10-7-20-14(16)17-10/h3-5,7-8H,6H2,1-2H3,(H2,16,17). The molecule has 0 amide bonds. The van der Waals surface area contributed by atoms with Crippen LogP contribution in [0.15, 0.2) is 23.6 Å². The maximum atomic E-state index is 6.05. The Labute approximate surface area is 126 Å². The van der Waals surface area contributed by atoms with E-state index in [0.717, 1.165) is 22.6 Å². The van der Waals surface area contributed by atoms with Crippen LogP contribution in [0.2, 0.25) is 5.02 Å². The summed E-state index contributed by atoms with van der Waals surface area (Å²) < 4.78 is 2.22.